The SMILES string of the molecule is CCOc1cc(Cl)c(C(Cl)c2ccc(Br)o2)cc1Cl. The molecule has 6 heteroatoms. The van der Waals surface area contributed by atoms with Crippen LogP contribution in [0.3, 0.4) is 0 Å². The predicted molar refractivity (Wildman–Crippen MR) is 81.7 cm³/mol. The Hall–Kier alpha value is -0.350. The van der Waals surface area contributed by atoms with Crippen molar-refractivity contribution in [3.63, 3.8) is 0 Å². The van der Waals surface area contributed by atoms with Gasteiger partial charge in [-0.25, -0.2) is 0 Å². The molecule has 0 bridgehead atoms. The van der Waals surface area contributed by atoms with Gasteiger partial charge in [-0.05, 0) is 46.6 Å². The molecule has 102 valence electrons. The number of furan rings is 1. The standard InChI is InChI=1S/C13H10BrCl3O2/c1-2-18-11-6-8(15)7(5-9(11)16)13(17)10-3-4-12(14)19-10/h3-6,13H,2H2,1H3. The van der Waals surface area contributed by atoms with E-state index in [4.69, 9.17) is 44.0 Å². The van der Waals surface area contributed by atoms with Crippen LogP contribution in [0.1, 0.15) is 23.6 Å². The molecule has 2 nitrogen and oxygen atoms in total. The van der Waals surface area contributed by atoms with Gasteiger partial charge in [0.05, 0.1) is 11.6 Å². The number of halogens is 4. The van der Waals surface area contributed by atoms with E-state index in [0.717, 1.165) is 0 Å². The van der Waals surface area contributed by atoms with Crippen LogP contribution in [0.4, 0.5) is 0 Å². The van der Waals surface area contributed by atoms with Crippen LogP contribution in [0.5, 0.6) is 5.75 Å². The fourth-order valence-electron chi connectivity index (χ4n) is 1.62. The van der Waals surface area contributed by atoms with E-state index in [-0.39, 0.29) is 0 Å². The number of rotatable bonds is 4. The van der Waals surface area contributed by atoms with Gasteiger partial charge in [0.1, 0.15) is 16.9 Å². The Balaban J connectivity index is 2.37. The molecule has 0 saturated heterocycles. The topological polar surface area (TPSA) is 22.4 Å². The molecule has 0 spiro atoms. The van der Waals surface area contributed by atoms with Gasteiger partial charge in [-0.3, -0.25) is 0 Å². The molecule has 1 atom stereocenters. The predicted octanol–water partition coefficient (Wildman–Crippen LogP) is 6.08. The summed E-state index contributed by atoms with van der Waals surface area (Å²) in [6.45, 7) is 2.40. The van der Waals surface area contributed by atoms with Crippen molar-refractivity contribution >= 4 is 50.7 Å². The van der Waals surface area contributed by atoms with Crippen molar-refractivity contribution in [3.8, 4) is 5.75 Å². The fourth-order valence-corrected chi connectivity index (χ4v) is 2.78. The third-order valence-electron chi connectivity index (χ3n) is 2.47. The third-order valence-corrected chi connectivity index (χ3v) is 3.97. The maximum atomic E-state index is 6.35. The highest BCUT2D eigenvalue weighted by Gasteiger charge is 2.20. The van der Waals surface area contributed by atoms with Gasteiger partial charge in [-0.1, -0.05) is 23.2 Å². The molecular weight excluding hydrogens is 374 g/mol. The zero-order chi connectivity index (χ0) is 14.0. The lowest BCUT2D eigenvalue weighted by Crippen LogP contribution is -1.97. The lowest BCUT2D eigenvalue weighted by molar-refractivity contribution is 0.340. The van der Waals surface area contributed by atoms with E-state index in [9.17, 15) is 0 Å². The number of alkyl halides is 1. The molecule has 19 heavy (non-hydrogen) atoms. The molecule has 0 aliphatic heterocycles. The average Bonchev–Trinajstić information content (AvgIpc) is 2.79. The van der Waals surface area contributed by atoms with E-state index in [1.165, 1.54) is 0 Å². The Kier molecular flexibility index (Phi) is 5.07. The minimum Gasteiger partial charge on any atom is -0.492 e. The minimum absolute atomic E-state index is 0.470. The summed E-state index contributed by atoms with van der Waals surface area (Å²) in [5.74, 6) is 1.14. The van der Waals surface area contributed by atoms with Gasteiger partial charge in [-0.2, -0.15) is 0 Å². The minimum atomic E-state index is -0.507. The fraction of sp³-hybridized carbons (Fsp3) is 0.231. The second-order valence-electron chi connectivity index (χ2n) is 3.74. The summed E-state index contributed by atoms with van der Waals surface area (Å²) < 4.78 is 11.4. The van der Waals surface area contributed by atoms with Crippen molar-refractivity contribution in [2.45, 2.75) is 12.3 Å². The Morgan fingerprint density at radius 3 is 2.58 bits per heavy atom. The zero-order valence-corrected chi connectivity index (χ0v) is 13.8. The summed E-state index contributed by atoms with van der Waals surface area (Å²) in [6, 6.07) is 6.91. The number of benzene rings is 1. The van der Waals surface area contributed by atoms with Crippen LogP contribution < -0.4 is 4.74 Å². The van der Waals surface area contributed by atoms with Crippen LogP contribution in [0, 0.1) is 0 Å². The Labute approximate surface area is 134 Å². The molecule has 0 radical (unpaired) electrons. The first-order chi connectivity index (χ1) is 9.02. The van der Waals surface area contributed by atoms with Crippen LogP contribution in [-0.4, -0.2) is 6.61 Å². The third kappa shape index (κ3) is 3.40. The smallest absolute Gasteiger partial charge is 0.169 e. The molecule has 0 amide bonds. The highest BCUT2D eigenvalue weighted by molar-refractivity contribution is 9.10. The second kappa shape index (κ2) is 6.40. The van der Waals surface area contributed by atoms with Gasteiger partial charge in [0, 0.05) is 11.1 Å². The van der Waals surface area contributed by atoms with E-state index in [0.29, 0.717) is 38.4 Å². The molecule has 2 rings (SSSR count). The highest BCUT2D eigenvalue weighted by Crippen LogP contribution is 2.40. The van der Waals surface area contributed by atoms with E-state index in [2.05, 4.69) is 15.9 Å². The maximum Gasteiger partial charge on any atom is 0.169 e. The van der Waals surface area contributed by atoms with Crippen LogP contribution in [0.15, 0.2) is 33.4 Å². The van der Waals surface area contributed by atoms with Crippen molar-refractivity contribution in [2.75, 3.05) is 6.61 Å². The summed E-state index contributed by atoms with van der Waals surface area (Å²) in [4.78, 5) is 0. The first-order valence-corrected chi connectivity index (χ1v) is 7.52. The average molecular weight is 384 g/mol. The van der Waals surface area contributed by atoms with E-state index in [1.54, 1.807) is 24.3 Å². The van der Waals surface area contributed by atoms with Crippen LogP contribution in [-0.2, 0) is 0 Å². The molecular formula is C13H10BrCl3O2. The van der Waals surface area contributed by atoms with Gasteiger partial charge < -0.3 is 9.15 Å². The van der Waals surface area contributed by atoms with Crippen LogP contribution in [0.25, 0.3) is 0 Å². The summed E-state index contributed by atoms with van der Waals surface area (Å²) in [7, 11) is 0. The first-order valence-electron chi connectivity index (χ1n) is 5.54. The molecule has 1 unspecified atom stereocenters. The van der Waals surface area contributed by atoms with Gasteiger partial charge in [0.25, 0.3) is 0 Å². The quantitative estimate of drug-likeness (QED) is 0.597. The molecule has 2 aromatic rings. The highest BCUT2D eigenvalue weighted by atomic mass is 79.9. The van der Waals surface area contributed by atoms with Gasteiger partial charge in [0.2, 0.25) is 0 Å². The molecule has 0 saturated carbocycles. The van der Waals surface area contributed by atoms with E-state index < -0.39 is 5.38 Å². The van der Waals surface area contributed by atoms with Crippen LogP contribution in [0.2, 0.25) is 10.0 Å². The molecule has 1 aromatic heterocycles. The van der Waals surface area contributed by atoms with Gasteiger partial charge >= 0.3 is 0 Å². The van der Waals surface area contributed by atoms with Crippen molar-refractivity contribution in [3.05, 3.63) is 50.3 Å². The van der Waals surface area contributed by atoms with Crippen LogP contribution >= 0.6 is 50.7 Å². The van der Waals surface area contributed by atoms with Crippen molar-refractivity contribution in [1.82, 2.24) is 0 Å². The van der Waals surface area contributed by atoms with E-state index in [1.807, 2.05) is 6.92 Å². The molecule has 1 aromatic carbocycles. The first kappa shape index (κ1) is 15.0. The van der Waals surface area contributed by atoms with Crippen molar-refractivity contribution in [1.29, 1.82) is 0 Å². The number of hydrogen-bond donors (Lipinski definition) is 0. The molecule has 0 aliphatic rings. The lowest BCUT2D eigenvalue weighted by Gasteiger charge is -2.13. The molecule has 1 heterocycles. The molecule has 0 aliphatic carbocycles. The number of hydrogen-bond acceptors (Lipinski definition) is 2. The second-order valence-corrected chi connectivity index (χ2v) is 5.77. The molecule has 0 fully saturated rings. The number of ether oxygens (including phenoxy) is 1. The normalized spacial score (nSPS) is 12.5. The summed E-state index contributed by atoms with van der Waals surface area (Å²) in [5.41, 5.74) is 0.679. The van der Waals surface area contributed by atoms with Gasteiger partial charge in [-0.15, -0.1) is 11.6 Å². The summed E-state index contributed by atoms with van der Waals surface area (Å²) in [6.07, 6.45) is 0. The summed E-state index contributed by atoms with van der Waals surface area (Å²) in [5, 5.41) is 0.449. The Morgan fingerprint density at radius 2 is 2.00 bits per heavy atom. The monoisotopic (exact) mass is 382 g/mol. The van der Waals surface area contributed by atoms with Gasteiger partial charge in [0.15, 0.2) is 4.67 Å². The van der Waals surface area contributed by atoms with E-state index >= 15 is 0 Å². The zero-order valence-electron chi connectivity index (χ0n) is 9.92. The van der Waals surface area contributed by atoms with Crippen molar-refractivity contribution < 1.29 is 9.15 Å². The van der Waals surface area contributed by atoms with Crippen molar-refractivity contribution in [2.24, 2.45) is 0 Å². The summed E-state index contributed by atoms with van der Waals surface area (Å²) >= 11 is 21.9. The maximum absolute atomic E-state index is 6.35. The molecule has 0 N–H and O–H groups in total. The Morgan fingerprint density at radius 1 is 1.26 bits per heavy atom. The Bertz CT molecular complexity index is 583. The largest absolute Gasteiger partial charge is 0.492 e. The lowest BCUT2D eigenvalue weighted by atomic mass is 10.1.